The van der Waals surface area contributed by atoms with Crippen molar-refractivity contribution in [3.05, 3.63) is 92.4 Å². The Labute approximate surface area is 231 Å². The average Bonchev–Trinajstić information content (AvgIpc) is 2.87. The second-order valence-electron chi connectivity index (χ2n) is 8.59. The Morgan fingerprint density at radius 2 is 1.68 bits per heavy atom. The lowest BCUT2D eigenvalue weighted by molar-refractivity contribution is -0.111. The van der Waals surface area contributed by atoms with Gasteiger partial charge in [-0.2, -0.15) is 0 Å². The summed E-state index contributed by atoms with van der Waals surface area (Å²) in [6, 6.07) is 16.3. The van der Waals surface area contributed by atoms with Crippen molar-refractivity contribution in [2.24, 2.45) is 0 Å². The van der Waals surface area contributed by atoms with E-state index >= 15 is 0 Å². The van der Waals surface area contributed by atoms with Crippen molar-refractivity contribution in [3.63, 3.8) is 0 Å². The maximum Gasteiger partial charge on any atom is 0.254 e. The van der Waals surface area contributed by atoms with Crippen molar-refractivity contribution >= 4 is 64.1 Å². The minimum Gasteiger partial charge on any atom is -0.495 e. The van der Waals surface area contributed by atoms with Crippen LogP contribution in [-0.2, 0) is 4.79 Å². The van der Waals surface area contributed by atoms with Crippen LogP contribution in [0.2, 0.25) is 15.1 Å². The first-order valence-electron chi connectivity index (χ1n) is 11.7. The van der Waals surface area contributed by atoms with Crippen LogP contribution in [0.25, 0.3) is 6.08 Å². The van der Waals surface area contributed by atoms with Gasteiger partial charge in [0, 0.05) is 54.1 Å². The molecule has 0 bridgehead atoms. The molecule has 3 aromatic carbocycles. The summed E-state index contributed by atoms with van der Waals surface area (Å²) in [7, 11) is 1.50. The SMILES string of the molecule is COc1c(Cl)cc(Cl)cc1/C=C/C(=O)Nc1ccc(N2CCN(C(=O)c3ccccc3C)CC2)c(Cl)c1. The molecule has 0 atom stereocenters. The second kappa shape index (κ2) is 11.9. The number of carbonyl (C=O) groups excluding carboxylic acids is 2. The Morgan fingerprint density at radius 3 is 2.35 bits per heavy atom. The summed E-state index contributed by atoms with van der Waals surface area (Å²) in [5.74, 6) is 0.140. The van der Waals surface area contributed by atoms with Crippen molar-refractivity contribution < 1.29 is 14.3 Å². The van der Waals surface area contributed by atoms with E-state index < -0.39 is 0 Å². The summed E-state index contributed by atoms with van der Waals surface area (Å²) in [5.41, 5.74) is 3.72. The molecule has 0 aliphatic carbocycles. The predicted molar refractivity (Wildman–Crippen MR) is 151 cm³/mol. The highest BCUT2D eigenvalue weighted by atomic mass is 35.5. The molecule has 1 aliphatic rings. The highest BCUT2D eigenvalue weighted by molar-refractivity contribution is 6.36. The van der Waals surface area contributed by atoms with Crippen LogP contribution in [-0.4, -0.2) is 50.0 Å². The van der Waals surface area contributed by atoms with Gasteiger partial charge < -0.3 is 19.9 Å². The molecule has 2 amide bonds. The maximum atomic E-state index is 12.9. The quantitative estimate of drug-likeness (QED) is 0.347. The number of methoxy groups -OCH3 is 1. The lowest BCUT2D eigenvalue weighted by atomic mass is 10.1. The van der Waals surface area contributed by atoms with E-state index in [-0.39, 0.29) is 11.8 Å². The number of amides is 2. The Kier molecular flexibility index (Phi) is 8.64. The third-order valence-corrected chi connectivity index (χ3v) is 6.96. The van der Waals surface area contributed by atoms with E-state index in [1.807, 2.05) is 42.2 Å². The van der Waals surface area contributed by atoms with Crippen molar-refractivity contribution in [1.82, 2.24) is 4.90 Å². The Morgan fingerprint density at radius 1 is 0.946 bits per heavy atom. The summed E-state index contributed by atoms with van der Waals surface area (Å²) in [4.78, 5) is 29.4. The molecule has 3 aromatic rings. The van der Waals surface area contributed by atoms with Gasteiger partial charge in [-0.1, -0.05) is 53.0 Å². The van der Waals surface area contributed by atoms with Gasteiger partial charge in [-0.3, -0.25) is 9.59 Å². The fourth-order valence-electron chi connectivity index (χ4n) is 4.24. The van der Waals surface area contributed by atoms with Crippen molar-refractivity contribution in [2.45, 2.75) is 6.92 Å². The highest BCUT2D eigenvalue weighted by Crippen LogP contribution is 2.33. The highest BCUT2D eigenvalue weighted by Gasteiger charge is 2.24. The number of halogens is 3. The van der Waals surface area contributed by atoms with E-state index in [9.17, 15) is 9.59 Å². The van der Waals surface area contributed by atoms with Gasteiger partial charge in [0.05, 0.1) is 22.8 Å². The summed E-state index contributed by atoms with van der Waals surface area (Å²) < 4.78 is 5.30. The third-order valence-electron chi connectivity index (χ3n) is 6.15. The van der Waals surface area contributed by atoms with Crippen molar-refractivity contribution in [1.29, 1.82) is 0 Å². The number of nitrogens with one attached hydrogen (secondary N) is 1. The number of carbonyl (C=O) groups is 2. The van der Waals surface area contributed by atoms with Crippen LogP contribution in [0.15, 0.2) is 60.7 Å². The zero-order valence-electron chi connectivity index (χ0n) is 20.4. The Bertz CT molecular complexity index is 1350. The van der Waals surface area contributed by atoms with Gasteiger partial charge in [0.2, 0.25) is 5.91 Å². The Hall–Kier alpha value is -3.19. The molecular weight excluding hydrogens is 533 g/mol. The monoisotopic (exact) mass is 557 g/mol. The zero-order chi connectivity index (χ0) is 26.5. The molecule has 4 rings (SSSR count). The number of ether oxygens (including phenoxy) is 1. The molecule has 0 unspecified atom stereocenters. The molecule has 1 fully saturated rings. The molecule has 6 nitrogen and oxygen atoms in total. The van der Waals surface area contributed by atoms with Crippen molar-refractivity contribution in [2.75, 3.05) is 43.5 Å². The summed E-state index contributed by atoms with van der Waals surface area (Å²) in [6.45, 7) is 4.47. The summed E-state index contributed by atoms with van der Waals surface area (Å²) >= 11 is 18.8. The van der Waals surface area contributed by atoms with Crippen LogP contribution in [0.1, 0.15) is 21.5 Å². The minimum atomic E-state index is -0.342. The summed E-state index contributed by atoms with van der Waals surface area (Å²) in [5, 5.41) is 4.12. The summed E-state index contributed by atoms with van der Waals surface area (Å²) in [6.07, 6.45) is 2.95. The van der Waals surface area contributed by atoms with E-state index in [0.717, 1.165) is 16.8 Å². The second-order valence-corrected chi connectivity index (χ2v) is 9.84. The molecule has 1 heterocycles. The molecule has 0 saturated carbocycles. The number of benzene rings is 3. The average molecular weight is 559 g/mol. The van der Waals surface area contributed by atoms with Gasteiger partial charge in [0.25, 0.3) is 5.91 Å². The van der Waals surface area contributed by atoms with Crippen LogP contribution in [0.4, 0.5) is 11.4 Å². The Balaban J connectivity index is 1.37. The van der Waals surface area contributed by atoms with Crippen LogP contribution >= 0.6 is 34.8 Å². The van der Waals surface area contributed by atoms with Crippen LogP contribution < -0.4 is 15.0 Å². The molecule has 9 heteroatoms. The first kappa shape index (κ1) is 26.9. The van der Waals surface area contributed by atoms with E-state index in [1.54, 1.807) is 30.3 Å². The molecule has 1 saturated heterocycles. The predicted octanol–water partition coefficient (Wildman–Crippen LogP) is 6.58. The van der Waals surface area contributed by atoms with Crippen LogP contribution in [0.3, 0.4) is 0 Å². The standard InChI is InChI=1S/C28H26Cl3N3O3/c1-18-5-3-4-6-22(18)28(36)34-13-11-33(12-14-34)25-9-8-21(17-23(25)30)32-26(35)10-7-19-15-20(29)16-24(31)27(19)37-2/h3-10,15-17H,11-14H2,1-2H3,(H,32,35)/b10-7+. The van der Waals surface area contributed by atoms with Crippen LogP contribution in [0.5, 0.6) is 5.75 Å². The van der Waals surface area contributed by atoms with Crippen molar-refractivity contribution in [3.8, 4) is 5.75 Å². The van der Waals surface area contributed by atoms with Gasteiger partial charge in [0.15, 0.2) is 0 Å². The number of hydrogen-bond donors (Lipinski definition) is 1. The normalized spacial score (nSPS) is 13.6. The largest absolute Gasteiger partial charge is 0.495 e. The molecule has 1 N–H and O–H groups in total. The fourth-order valence-corrected chi connectivity index (χ4v) is 5.13. The first-order valence-corrected chi connectivity index (χ1v) is 12.8. The lowest BCUT2D eigenvalue weighted by Crippen LogP contribution is -2.49. The molecule has 1 aliphatic heterocycles. The minimum absolute atomic E-state index is 0.0487. The van der Waals surface area contributed by atoms with Gasteiger partial charge in [-0.05, 0) is 55.0 Å². The fraction of sp³-hybridized carbons (Fsp3) is 0.214. The molecule has 0 radical (unpaired) electrons. The number of anilines is 2. The van der Waals surface area contributed by atoms with E-state index in [0.29, 0.717) is 58.2 Å². The number of rotatable bonds is 6. The topological polar surface area (TPSA) is 61.9 Å². The van der Waals surface area contributed by atoms with E-state index in [4.69, 9.17) is 39.5 Å². The number of hydrogen-bond acceptors (Lipinski definition) is 4. The maximum absolute atomic E-state index is 12.9. The number of piperazine rings is 1. The zero-order valence-corrected chi connectivity index (χ0v) is 22.7. The number of aryl methyl sites for hydroxylation is 1. The molecule has 0 spiro atoms. The van der Waals surface area contributed by atoms with E-state index in [2.05, 4.69) is 10.2 Å². The molecule has 192 valence electrons. The molecule has 0 aromatic heterocycles. The van der Waals surface area contributed by atoms with E-state index in [1.165, 1.54) is 13.2 Å². The third kappa shape index (κ3) is 6.39. The molecular formula is C28H26Cl3N3O3. The smallest absolute Gasteiger partial charge is 0.254 e. The first-order chi connectivity index (χ1) is 17.8. The van der Waals surface area contributed by atoms with Gasteiger partial charge in [0.1, 0.15) is 5.75 Å². The molecule has 37 heavy (non-hydrogen) atoms. The van der Waals surface area contributed by atoms with Gasteiger partial charge >= 0.3 is 0 Å². The van der Waals surface area contributed by atoms with Crippen LogP contribution in [0, 0.1) is 6.92 Å². The van der Waals surface area contributed by atoms with Gasteiger partial charge in [-0.15, -0.1) is 0 Å². The number of nitrogens with zero attached hydrogens (tertiary/aromatic N) is 2. The lowest BCUT2D eigenvalue weighted by Gasteiger charge is -2.36. The van der Waals surface area contributed by atoms with Gasteiger partial charge in [-0.25, -0.2) is 0 Å².